The molecule has 136 valence electrons. The molecule has 2 N–H and O–H groups in total. The summed E-state index contributed by atoms with van der Waals surface area (Å²) in [6, 6.07) is 14.3. The Morgan fingerprint density at radius 3 is 1.62 bits per heavy atom. The van der Waals surface area contributed by atoms with Crippen molar-refractivity contribution < 1.29 is 9.59 Å². The predicted molar refractivity (Wildman–Crippen MR) is 106 cm³/mol. The van der Waals surface area contributed by atoms with Crippen LogP contribution in [0.25, 0.3) is 0 Å². The predicted octanol–water partition coefficient (Wildman–Crippen LogP) is 5.38. The Bertz CT molecular complexity index is 744. The molecule has 2 aromatic rings. The fourth-order valence-electron chi connectivity index (χ4n) is 3.26. The SMILES string of the molecule is O=C(Nc1ccccc1Cl)C1CCCC(C(=O)Nc2ccccc2Cl)C1. The van der Waals surface area contributed by atoms with Gasteiger partial charge >= 0.3 is 0 Å². The van der Waals surface area contributed by atoms with E-state index in [4.69, 9.17) is 23.2 Å². The van der Waals surface area contributed by atoms with E-state index >= 15 is 0 Å². The van der Waals surface area contributed by atoms with Crippen molar-refractivity contribution in [2.45, 2.75) is 25.7 Å². The number of rotatable bonds is 4. The third kappa shape index (κ3) is 4.57. The van der Waals surface area contributed by atoms with Crippen LogP contribution in [-0.4, -0.2) is 11.8 Å². The van der Waals surface area contributed by atoms with E-state index in [-0.39, 0.29) is 23.7 Å². The fraction of sp³-hybridized carbons (Fsp3) is 0.300. The molecule has 0 aliphatic heterocycles. The van der Waals surface area contributed by atoms with Gasteiger partial charge in [-0.3, -0.25) is 9.59 Å². The van der Waals surface area contributed by atoms with Crippen LogP contribution in [0.2, 0.25) is 10.0 Å². The molecule has 1 saturated carbocycles. The Balaban J connectivity index is 1.61. The van der Waals surface area contributed by atoms with E-state index in [2.05, 4.69) is 10.6 Å². The molecule has 0 aromatic heterocycles. The van der Waals surface area contributed by atoms with Crippen molar-refractivity contribution in [3.05, 3.63) is 58.6 Å². The summed E-state index contributed by atoms with van der Waals surface area (Å²) in [6.45, 7) is 0. The first kappa shape index (κ1) is 18.7. The number of para-hydroxylation sites is 2. The lowest BCUT2D eigenvalue weighted by atomic mass is 9.80. The number of carbonyl (C=O) groups is 2. The minimum Gasteiger partial charge on any atom is -0.325 e. The number of nitrogens with one attached hydrogen (secondary N) is 2. The largest absolute Gasteiger partial charge is 0.325 e. The maximum Gasteiger partial charge on any atom is 0.227 e. The third-order valence-electron chi connectivity index (χ3n) is 4.68. The average molecular weight is 391 g/mol. The van der Waals surface area contributed by atoms with Crippen LogP contribution in [0.3, 0.4) is 0 Å². The Labute approximate surface area is 162 Å². The van der Waals surface area contributed by atoms with Crippen molar-refractivity contribution in [3.8, 4) is 0 Å². The van der Waals surface area contributed by atoms with Crippen molar-refractivity contribution in [1.82, 2.24) is 0 Å². The van der Waals surface area contributed by atoms with Crippen molar-refractivity contribution in [3.63, 3.8) is 0 Å². The van der Waals surface area contributed by atoms with Gasteiger partial charge in [0.2, 0.25) is 11.8 Å². The second kappa shape index (κ2) is 8.56. The molecule has 6 heteroatoms. The zero-order valence-electron chi connectivity index (χ0n) is 14.2. The molecule has 3 rings (SSSR count). The van der Waals surface area contributed by atoms with Crippen molar-refractivity contribution >= 4 is 46.4 Å². The quantitative estimate of drug-likeness (QED) is 0.736. The minimum atomic E-state index is -0.206. The molecular weight excluding hydrogens is 371 g/mol. The lowest BCUT2D eigenvalue weighted by molar-refractivity contribution is -0.124. The topological polar surface area (TPSA) is 58.2 Å². The molecule has 0 saturated heterocycles. The lowest BCUT2D eigenvalue weighted by Gasteiger charge is -2.27. The molecule has 1 aliphatic rings. The van der Waals surface area contributed by atoms with Crippen LogP contribution in [0.5, 0.6) is 0 Å². The molecule has 4 nitrogen and oxygen atoms in total. The zero-order valence-corrected chi connectivity index (χ0v) is 15.7. The van der Waals surface area contributed by atoms with E-state index in [1.807, 2.05) is 24.3 Å². The second-order valence-electron chi connectivity index (χ2n) is 6.50. The first-order chi connectivity index (χ1) is 12.5. The summed E-state index contributed by atoms with van der Waals surface area (Å²) >= 11 is 12.2. The molecule has 2 atom stereocenters. The van der Waals surface area contributed by atoms with Gasteiger partial charge in [0.15, 0.2) is 0 Å². The maximum absolute atomic E-state index is 12.6. The second-order valence-corrected chi connectivity index (χ2v) is 7.31. The van der Waals surface area contributed by atoms with Crippen LogP contribution in [0.15, 0.2) is 48.5 Å². The van der Waals surface area contributed by atoms with Gasteiger partial charge in [0.05, 0.1) is 21.4 Å². The van der Waals surface area contributed by atoms with Crippen LogP contribution >= 0.6 is 23.2 Å². The number of hydrogen-bond donors (Lipinski definition) is 2. The lowest BCUT2D eigenvalue weighted by Crippen LogP contribution is -2.33. The Kier molecular flexibility index (Phi) is 6.17. The van der Waals surface area contributed by atoms with E-state index in [1.165, 1.54) is 0 Å². The van der Waals surface area contributed by atoms with Gasteiger partial charge in [-0.1, -0.05) is 53.9 Å². The van der Waals surface area contributed by atoms with E-state index in [0.29, 0.717) is 27.8 Å². The Hall–Kier alpha value is -2.04. The molecular formula is C20H20Cl2N2O2. The van der Waals surface area contributed by atoms with Crippen LogP contribution in [-0.2, 0) is 9.59 Å². The number of amides is 2. The summed E-state index contributed by atoms with van der Waals surface area (Å²) in [5, 5.41) is 6.76. The maximum atomic E-state index is 12.6. The van der Waals surface area contributed by atoms with Gasteiger partial charge < -0.3 is 10.6 Å². The highest BCUT2D eigenvalue weighted by Crippen LogP contribution is 2.32. The van der Waals surface area contributed by atoms with Crippen molar-refractivity contribution in [2.75, 3.05) is 10.6 Å². The van der Waals surface area contributed by atoms with Gasteiger partial charge in [0.25, 0.3) is 0 Å². The summed E-state index contributed by atoms with van der Waals surface area (Å²) in [4.78, 5) is 25.2. The highest BCUT2D eigenvalue weighted by Gasteiger charge is 2.31. The summed E-state index contributed by atoms with van der Waals surface area (Å²) in [5.74, 6) is -0.592. The molecule has 0 spiro atoms. The van der Waals surface area contributed by atoms with Crippen LogP contribution in [0.4, 0.5) is 11.4 Å². The molecule has 0 radical (unpaired) electrons. The van der Waals surface area contributed by atoms with Crippen molar-refractivity contribution in [2.24, 2.45) is 11.8 Å². The van der Waals surface area contributed by atoms with E-state index < -0.39 is 0 Å². The average Bonchev–Trinajstić information content (AvgIpc) is 2.65. The van der Waals surface area contributed by atoms with E-state index in [9.17, 15) is 9.59 Å². The van der Waals surface area contributed by atoms with E-state index in [0.717, 1.165) is 19.3 Å². The molecule has 26 heavy (non-hydrogen) atoms. The Morgan fingerprint density at radius 2 is 1.19 bits per heavy atom. The van der Waals surface area contributed by atoms with Crippen LogP contribution in [0.1, 0.15) is 25.7 Å². The molecule has 2 amide bonds. The standard InChI is InChI=1S/C20H20Cl2N2O2/c21-15-8-1-3-10-17(15)23-19(25)13-6-5-7-14(12-13)20(26)24-18-11-4-2-9-16(18)22/h1-4,8-11,13-14H,5-7,12H2,(H,23,25)(H,24,26). The van der Waals surface area contributed by atoms with Crippen LogP contribution in [0, 0.1) is 11.8 Å². The first-order valence-electron chi connectivity index (χ1n) is 8.65. The summed E-state index contributed by atoms with van der Waals surface area (Å²) in [6.07, 6.45) is 2.89. The normalized spacial score (nSPS) is 19.6. The number of halogens is 2. The smallest absolute Gasteiger partial charge is 0.227 e. The first-order valence-corrected chi connectivity index (χ1v) is 9.41. The molecule has 1 fully saturated rings. The molecule has 0 heterocycles. The minimum absolute atomic E-state index is 0.0895. The summed E-state index contributed by atoms with van der Waals surface area (Å²) in [7, 11) is 0. The summed E-state index contributed by atoms with van der Waals surface area (Å²) in [5.41, 5.74) is 1.20. The highest BCUT2D eigenvalue weighted by atomic mass is 35.5. The monoisotopic (exact) mass is 390 g/mol. The zero-order chi connectivity index (χ0) is 18.5. The number of anilines is 2. The molecule has 2 unspecified atom stereocenters. The summed E-state index contributed by atoms with van der Waals surface area (Å²) < 4.78 is 0. The van der Waals surface area contributed by atoms with Gasteiger partial charge in [-0.05, 0) is 43.5 Å². The fourth-order valence-corrected chi connectivity index (χ4v) is 3.63. The molecule has 1 aliphatic carbocycles. The number of benzene rings is 2. The van der Waals surface area contributed by atoms with Gasteiger partial charge in [-0.2, -0.15) is 0 Å². The third-order valence-corrected chi connectivity index (χ3v) is 5.34. The number of hydrogen-bond acceptors (Lipinski definition) is 2. The highest BCUT2D eigenvalue weighted by molar-refractivity contribution is 6.34. The van der Waals surface area contributed by atoms with E-state index in [1.54, 1.807) is 24.3 Å². The number of carbonyl (C=O) groups excluding carboxylic acids is 2. The van der Waals surface area contributed by atoms with Gasteiger partial charge in [-0.15, -0.1) is 0 Å². The Morgan fingerprint density at radius 1 is 0.769 bits per heavy atom. The molecule has 2 aromatic carbocycles. The van der Waals surface area contributed by atoms with Gasteiger partial charge in [-0.25, -0.2) is 0 Å². The van der Waals surface area contributed by atoms with Gasteiger partial charge in [0.1, 0.15) is 0 Å². The van der Waals surface area contributed by atoms with Gasteiger partial charge in [0, 0.05) is 11.8 Å². The molecule has 0 bridgehead atoms. The van der Waals surface area contributed by atoms with Crippen molar-refractivity contribution in [1.29, 1.82) is 0 Å². The van der Waals surface area contributed by atoms with Crippen LogP contribution < -0.4 is 10.6 Å².